The number of nitrogens with zero attached hydrogens (tertiary/aromatic N) is 2. The predicted molar refractivity (Wildman–Crippen MR) is 93.1 cm³/mol. The number of carbonyl (C=O) groups excluding carboxylic acids is 1. The monoisotopic (exact) mass is 416 g/mol. The Hall–Kier alpha value is -2.33. The molecule has 0 amide bonds. The van der Waals surface area contributed by atoms with Gasteiger partial charge in [-0.15, -0.1) is 22.7 Å². The molecule has 142 valence electrons. The number of ether oxygens (including phenoxy) is 1. The fourth-order valence-corrected chi connectivity index (χ4v) is 3.62. The molecule has 0 bridgehead atoms. The Labute approximate surface area is 159 Å². The molecule has 2 heterocycles. The Bertz CT molecular complexity index is 920. The van der Waals surface area contributed by atoms with E-state index in [-0.39, 0.29) is 28.7 Å². The quantitative estimate of drug-likeness (QED) is 0.406. The third kappa shape index (κ3) is 5.57. The highest BCUT2D eigenvalue weighted by molar-refractivity contribution is 7.13. The highest BCUT2D eigenvalue weighted by Crippen LogP contribution is 2.25. The highest BCUT2D eigenvalue weighted by atomic mass is 32.1. The Morgan fingerprint density at radius 3 is 2.59 bits per heavy atom. The minimum absolute atomic E-state index is 0.0690. The van der Waals surface area contributed by atoms with Crippen molar-refractivity contribution in [3.63, 3.8) is 0 Å². The first-order valence-corrected chi connectivity index (χ1v) is 9.39. The number of halogens is 4. The summed E-state index contributed by atoms with van der Waals surface area (Å²) < 4.78 is 54.8. The van der Waals surface area contributed by atoms with E-state index in [1.807, 2.05) is 0 Å². The van der Waals surface area contributed by atoms with Gasteiger partial charge in [-0.3, -0.25) is 0 Å². The summed E-state index contributed by atoms with van der Waals surface area (Å²) in [6.07, 6.45) is -4.31. The molecule has 0 atom stereocenters. The lowest BCUT2D eigenvalue weighted by atomic mass is 10.2. The first kappa shape index (κ1) is 19.4. The number of benzene rings is 1. The van der Waals surface area contributed by atoms with Crippen LogP contribution in [0.15, 0.2) is 35.8 Å². The van der Waals surface area contributed by atoms with E-state index in [9.17, 15) is 22.4 Å². The Morgan fingerprint density at radius 2 is 1.89 bits per heavy atom. The van der Waals surface area contributed by atoms with Crippen LogP contribution in [-0.2, 0) is 17.8 Å². The lowest BCUT2D eigenvalue weighted by Crippen LogP contribution is -2.08. The van der Waals surface area contributed by atoms with Crippen molar-refractivity contribution in [2.75, 3.05) is 0 Å². The number of alkyl halides is 3. The van der Waals surface area contributed by atoms with Crippen LogP contribution in [0.5, 0.6) is 0 Å². The third-order valence-electron chi connectivity index (χ3n) is 3.40. The van der Waals surface area contributed by atoms with Gasteiger partial charge in [0, 0.05) is 23.8 Å². The van der Waals surface area contributed by atoms with Crippen molar-refractivity contribution in [3.8, 4) is 11.3 Å². The maximum atomic E-state index is 13.0. The summed E-state index contributed by atoms with van der Waals surface area (Å²) in [5.74, 6) is -1.01. The first-order chi connectivity index (χ1) is 12.8. The van der Waals surface area contributed by atoms with E-state index < -0.39 is 18.6 Å². The maximum Gasteiger partial charge on any atom is 0.389 e. The molecule has 3 aromatic rings. The largest absolute Gasteiger partial charge is 0.454 e. The van der Waals surface area contributed by atoms with E-state index in [0.717, 1.165) is 16.9 Å². The van der Waals surface area contributed by atoms with Gasteiger partial charge in [0.1, 0.15) is 22.3 Å². The molecule has 2 aromatic heterocycles. The van der Waals surface area contributed by atoms with Crippen molar-refractivity contribution in [2.24, 2.45) is 0 Å². The van der Waals surface area contributed by atoms with Crippen molar-refractivity contribution in [1.29, 1.82) is 0 Å². The number of aromatic nitrogens is 2. The smallest absolute Gasteiger partial charge is 0.389 e. The molecule has 0 fully saturated rings. The Kier molecular flexibility index (Phi) is 5.85. The minimum Gasteiger partial charge on any atom is -0.454 e. The number of esters is 1. The number of hydrogen-bond donors (Lipinski definition) is 0. The van der Waals surface area contributed by atoms with Crippen LogP contribution >= 0.6 is 22.7 Å². The highest BCUT2D eigenvalue weighted by Gasteiger charge is 2.27. The minimum atomic E-state index is -4.26. The number of thiazole rings is 2. The van der Waals surface area contributed by atoms with E-state index >= 15 is 0 Å². The van der Waals surface area contributed by atoms with E-state index in [1.165, 1.54) is 29.7 Å². The zero-order chi connectivity index (χ0) is 19.4. The third-order valence-corrected chi connectivity index (χ3v) is 5.26. The zero-order valence-electron chi connectivity index (χ0n) is 13.6. The van der Waals surface area contributed by atoms with Crippen molar-refractivity contribution in [2.45, 2.75) is 25.6 Å². The second-order valence-electron chi connectivity index (χ2n) is 5.44. The average Bonchev–Trinajstić information content (AvgIpc) is 3.28. The molecule has 0 radical (unpaired) electrons. The standard InChI is InChI=1S/C17H12F4N2O2S2/c18-11-3-1-10(2-4-11)12-9-26-15(23-12)8-25-16(24)13-7-22-14(27-13)5-6-17(19,20)21/h1-4,7,9H,5-6,8H2. The lowest BCUT2D eigenvalue weighted by Gasteiger charge is -2.02. The molecule has 10 heteroatoms. The van der Waals surface area contributed by atoms with Gasteiger partial charge in [-0.2, -0.15) is 13.2 Å². The normalized spacial score (nSPS) is 11.6. The van der Waals surface area contributed by atoms with Gasteiger partial charge in [-0.05, 0) is 24.3 Å². The fourth-order valence-electron chi connectivity index (χ4n) is 2.10. The molecule has 0 spiro atoms. The predicted octanol–water partition coefficient (Wildman–Crippen LogP) is 5.26. The van der Waals surface area contributed by atoms with E-state index in [1.54, 1.807) is 17.5 Å². The molecule has 0 unspecified atom stereocenters. The molecule has 0 N–H and O–H groups in total. The van der Waals surface area contributed by atoms with Crippen LogP contribution < -0.4 is 0 Å². The SMILES string of the molecule is O=C(OCc1nc(-c2ccc(F)cc2)cs1)c1cnc(CCC(F)(F)F)s1. The Morgan fingerprint density at radius 1 is 1.15 bits per heavy atom. The van der Waals surface area contributed by atoms with Crippen molar-refractivity contribution in [1.82, 2.24) is 9.97 Å². The van der Waals surface area contributed by atoms with E-state index in [0.29, 0.717) is 10.7 Å². The van der Waals surface area contributed by atoms with Gasteiger partial charge >= 0.3 is 12.1 Å². The van der Waals surface area contributed by atoms with Crippen molar-refractivity contribution >= 4 is 28.6 Å². The molecule has 0 saturated carbocycles. The summed E-state index contributed by atoms with van der Waals surface area (Å²) in [4.78, 5) is 20.3. The molecule has 0 aliphatic carbocycles. The number of aryl methyl sites for hydroxylation is 1. The van der Waals surface area contributed by atoms with Gasteiger partial charge in [0.2, 0.25) is 0 Å². The molecule has 0 saturated heterocycles. The summed E-state index contributed by atoms with van der Waals surface area (Å²) in [5.41, 5.74) is 1.38. The summed E-state index contributed by atoms with van der Waals surface area (Å²) in [6, 6.07) is 5.85. The Balaban J connectivity index is 1.55. The van der Waals surface area contributed by atoms with Gasteiger partial charge < -0.3 is 4.74 Å². The zero-order valence-corrected chi connectivity index (χ0v) is 15.3. The topological polar surface area (TPSA) is 52.1 Å². The second kappa shape index (κ2) is 8.13. The van der Waals surface area contributed by atoms with Crippen LogP contribution in [0.3, 0.4) is 0 Å². The van der Waals surface area contributed by atoms with E-state index in [2.05, 4.69) is 9.97 Å². The fraction of sp³-hybridized carbons (Fsp3) is 0.235. The molecule has 0 aliphatic heterocycles. The van der Waals surface area contributed by atoms with Crippen LogP contribution in [-0.4, -0.2) is 22.1 Å². The molecule has 27 heavy (non-hydrogen) atoms. The van der Waals surface area contributed by atoms with Gasteiger partial charge in [0.05, 0.1) is 16.9 Å². The van der Waals surface area contributed by atoms with Crippen LogP contribution in [0.2, 0.25) is 0 Å². The molecule has 4 nitrogen and oxygen atoms in total. The number of hydrogen-bond acceptors (Lipinski definition) is 6. The molecule has 0 aliphatic rings. The second-order valence-corrected chi connectivity index (χ2v) is 7.50. The van der Waals surface area contributed by atoms with Gasteiger partial charge in [-0.25, -0.2) is 19.2 Å². The van der Waals surface area contributed by atoms with Gasteiger partial charge in [0.15, 0.2) is 0 Å². The first-order valence-electron chi connectivity index (χ1n) is 7.69. The summed E-state index contributed by atoms with van der Waals surface area (Å²) in [7, 11) is 0. The van der Waals surface area contributed by atoms with Gasteiger partial charge in [-0.1, -0.05) is 0 Å². The summed E-state index contributed by atoms with van der Waals surface area (Å²) in [6.45, 7) is -0.0690. The molecular weight excluding hydrogens is 404 g/mol. The summed E-state index contributed by atoms with van der Waals surface area (Å²) in [5, 5.41) is 2.54. The van der Waals surface area contributed by atoms with E-state index in [4.69, 9.17) is 4.74 Å². The van der Waals surface area contributed by atoms with Gasteiger partial charge in [0.25, 0.3) is 0 Å². The number of rotatable bonds is 6. The lowest BCUT2D eigenvalue weighted by molar-refractivity contribution is -0.134. The summed E-state index contributed by atoms with van der Waals surface area (Å²) >= 11 is 2.16. The van der Waals surface area contributed by atoms with Crippen LogP contribution in [0, 0.1) is 5.82 Å². The average molecular weight is 416 g/mol. The van der Waals surface area contributed by atoms with Crippen LogP contribution in [0.4, 0.5) is 17.6 Å². The van der Waals surface area contributed by atoms with Crippen LogP contribution in [0.25, 0.3) is 11.3 Å². The molecular formula is C17H12F4N2O2S2. The van der Waals surface area contributed by atoms with Crippen LogP contribution in [0.1, 0.15) is 26.1 Å². The molecule has 1 aromatic carbocycles. The molecule has 3 rings (SSSR count). The number of carbonyl (C=O) groups is 1. The van der Waals surface area contributed by atoms with Crippen molar-refractivity contribution in [3.05, 3.63) is 56.6 Å². The maximum absolute atomic E-state index is 13.0. The van der Waals surface area contributed by atoms with Crippen molar-refractivity contribution < 1.29 is 27.1 Å².